The van der Waals surface area contributed by atoms with Crippen LogP contribution >= 0.6 is 33.2 Å². The maximum atomic E-state index is 12.8. The number of piperazine rings is 1. The van der Waals surface area contributed by atoms with Crippen LogP contribution in [0.4, 0.5) is 0 Å². The summed E-state index contributed by atoms with van der Waals surface area (Å²) >= 11 is 5.90. The van der Waals surface area contributed by atoms with E-state index >= 15 is 0 Å². The molecule has 2 bridgehead atoms. The van der Waals surface area contributed by atoms with Gasteiger partial charge in [-0.25, -0.2) is 0 Å². The highest BCUT2D eigenvalue weighted by atomic mass is 35.5. The van der Waals surface area contributed by atoms with Crippen molar-refractivity contribution in [3.8, 4) is 0 Å². The van der Waals surface area contributed by atoms with Crippen LogP contribution in [0.3, 0.4) is 0 Å². The van der Waals surface area contributed by atoms with Crippen LogP contribution in [0.5, 0.6) is 0 Å². The van der Waals surface area contributed by atoms with Crippen molar-refractivity contribution >= 4 is 45.0 Å². The van der Waals surface area contributed by atoms with Crippen LogP contribution in [0.1, 0.15) is 12.5 Å². The van der Waals surface area contributed by atoms with Gasteiger partial charge in [-0.1, -0.05) is 45.3 Å². The van der Waals surface area contributed by atoms with Gasteiger partial charge in [-0.15, -0.1) is 0 Å². The normalized spacial score (nSPS) is 32.0. The summed E-state index contributed by atoms with van der Waals surface area (Å²) in [5, 5.41) is 0.658. The van der Waals surface area contributed by atoms with Crippen LogP contribution in [-0.2, 0) is 16.0 Å². The van der Waals surface area contributed by atoms with Crippen LogP contribution in [0.15, 0.2) is 24.3 Å². The molecule has 2 atom stereocenters. The predicted molar refractivity (Wildman–Crippen MR) is 87.0 cm³/mol. The predicted octanol–water partition coefficient (Wildman–Crippen LogP) is 2.62. The molecule has 3 heterocycles. The lowest BCUT2D eigenvalue weighted by molar-refractivity contribution is -0.162. The number of amides is 2. The van der Waals surface area contributed by atoms with Crippen molar-refractivity contribution in [2.75, 3.05) is 14.1 Å². The third-order valence-corrected chi connectivity index (χ3v) is 8.25. The van der Waals surface area contributed by atoms with Crippen molar-refractivity contribution in [3.63, 3.8) is 0 Å². The zero-order valence-electron chi connectivity index (χ0n) is 11.9. The second-order valence-corrected chi connectivity index (χ2v) is 8.71. The molecule has 2 amide bonds. The second kappa shape index (κ2) is 4.83. The van der Waals surface area contributed by atoms with Gasteiger partial charge in [0.25, 0.3) is 11.8 Å². The van der Waals surface area contributed by atoms with E-state index in [1.807, 2.05) is 12.1 Å². The van der Waals surface area contributed by atoms with Crippen molar-refractivity contribution in [3.05, 3.63) is 34.9 Å². The van der Waals surface area contributed by atoms with E-state index < -0.39 is 9.74 Å². The molecular formula is C14H15ClN2O2S2. The van der Waals surface area contributed by atoms with E-state index in [2.05, 4.69) is 0 Å². The van der Waals surface area contributed by atoms with E-state index in [0.717, 1.165) is 5.56 Å². The Morgan fingerprint density at radius 1 is 1.05 bits per heavy atom. The van der Waals surface area contributed by atoms with E-state index in [-0.39, 0.29) is 11.8 Å². The van der Waals surface area contributed by atoms with Crippen molar-refractivity contribution in [2.45, 2.75) is 23.1 Å². The number of halogens is 1. The van der Waals surface area contributed by atoms with Gasteiger partial charge in [0.2, 0.25) is 0 Å². The zero-order valence-corrected chi connectivity index (χ0v) is 14.3. The molecule has 0 aromatic heterocycles. The van der Waals surface area contributed by atoms with Crippen LogP contribution in [0.25, 0.3) is 0 Å². The molecule has 21 heavy (non-hydrogen) atoms. The van der Waals surface area contributed by atoms with Crippen LogP contribution in [0.2, 0.25) is 5.02 Å². The number of nitrogens with zero attached hydrogens (tertiary/aromatic N) is 2. The molecule has 1 aromatic carbocycles. The number of hydrogen-bond donors (Lipinski definition) is 0. The highest BCUT2D eigenvalue weighted by Gasteiger charge is 2.65. The summed E-state index contributed by atoms with van der Waals surface area (Å²) in [6, 6.07) is 7.40. The summed E-state index contributed by atoms with van der Waals surface area (Å²) in [6.07, 6.45) is 0.476. The smallest absolute Gasteiger partial charge is 0.261 e. The Morgan fingerprint density at radius 2 is 1.67 bits per heavy atom. The Hall–Kier alpha value is -0.850. The Bertz CT molecular complexity index is 624. The lowest BCUT2D eigenvalue weighted by Gasteiger charge is -2.58. The molecule has 2 unspecified atom stereocenters. The highest BCUT2D eigenvalue weighted by Crippen LogP contribution is 2.58. The van der Waals surface area contributed by atoms with Crippen molar-refractivity contribution in [1.29, 1.82) is 0 Å². The minimum atomic E-state index is -0.873. The fourth-order valence-corrected chi connectivity index (χ4v) is 6.29. The van der Waals surface area contributed by atoms with Crippen LogP contribution in [0, 0.1) is 0 Å². The van der Waals surface area contributed by atoms with E-state index in [1.54, 1.807) is 43.0 Å². The maximum absolute atomic E-state index is 12.8. The highest BCUT2D eigenvalue weighted by molar-refractivity contribution is 8.78. The molecule has 1 aromatic rings. The second-order valence-electron chi connectivity index (χ2n) is 5.47. The lowest BCUT2D eigenvalue weighted by atomic mass is 9.98. The molecule has 0 aliphatic carbocycles. The number of benzene rings is 1. The molecule has 0 spiro atoms. The fraction of sp³-hybridized carbons (Fsp3) is 0.429. The summed E-state index contributed by atoms with van der Waals surface area (Å²) < 4.78 is 0. The van der Waals surface area contributed by atoms with E-state index in [9.17, 15) is 9.59 Å². The number of carbonyl (C=O) groups excluding carboxylic acids is 2. The van der Waals surface area contributed by atoms with Crippen molar-refractivity contribution < 1.29 is 9.59 Å². The molecule has 0 saturated carbocycles. The minimum Gasteiger partial charge on any atom is -0.319 e. The third kappa shape index (κ3) is 1.99. The summed E-state index contributed by atoms with van der Waals surface area (Å²) in [5.74, 6) is -0.0480. The first-order valence-electron chi connectivity index (χ1n) is 6.49. The van der Waals surface area contributed by atoms with Gasteiger partial charge in [-0.3, -0.25) is 9.59 Å². The number of carbonyl (C=O) groups is 2. The molecule has 4 rings (SSSR count). The summed E-state index contributed by atoms with van der Waals surface area (Å²) in [7, 11) is 6.37. The van der Waals surface area contributed by atoms with E-state index in [4.69, 9.17) is 11.6 Å². The molecular weight excluding hydrogens is 328 g/mol. The summed E-state index contributed by atoms with van der Waals surface area (Å²) in [5.41, 5.74) is 0.986. The summed E-state index contributed by atoms with van der Waals surface area (Å²) in [4.78, 5) is 26.9. The SMILES string of the molecule is CN1C(=O)C2(Cc3ccc(Cl)cc3)SSC1(C)C(=O)N2C. The Labute approximate surface area is 136 Å². The fourth-order valence-electron chi connectivity index (χ4n) is 2.65. The average molecular weight is 343 g/mol. The van der Waals surface area contributed by atoms with Crippen molar-refractivity contribution in [2.24, 2.45) is 0 Å². The maximum Gasteiger partial charge on any atom is 0.261 e. The third-order valence-electron chi connectivity index (χ3n) is 4.22. The molecule has 112 valence electrons. The topological polar surface area (TPSA) is 40.6 Å². The molecule has 4 nitrogen and oxygen atoms in total. The summed E-state index contributed by atoms with van der Waals surface area (Å²) in [6.45, 7) is 1.80. The first kappa shape index (κ1) is 15.1. The van der Waals surface area contributed by atoms with Gasteiger partial charge in [0.15, 0.2) is 9.74 Å². The quantitative estimate of drug-likeness (QED) is 0.775. The van der Waals surface area contributed by atoms with Crippen LogP contribution < -0.4 is 0 Å². The van der Waals surface area contributed by atoms with Gasteiger partial charge in [0.1, 0.15) is 0 Å². The van der Waals surface area contributed by atoms with E-state index in [1.165, 1.54) is 21.6 Å². The largest absolute Gasteiger partial charge is 0.319 e. The average Bonchev–Trinajstić information content (AvgIpc) is 2.47. The number of fused-ring (bicyclic) bond motifs is 3. The Kier molecular flexibility index (Phi) is 3.46. The molecule has 3 aliphatic rings. The van der Waals surface area contributed by atoms with Gasteiger partial charge in [-0.05, 0) is 24.6 Å². The zero-order chi connectivity index (χ0) is 15.4. The number of likely N-dealkylation sites (N-methyl/N-ethyl adjacent to an activating group) is 2. The number of rotatable bonds is 2. The van der Waals surface area contributed by atoms with Gasteiger partial charge in [-0.2, -0.15) is 0 Å². The minimum absolute atomic E-state index is 0.0224. The number of hydrogen-bond acceptors (Lipinski definition) is 4. The molecule has 7 heteroatoms. The first-order valence-corrected chi connectivity index (χ1v) is 9.02. The van der Waals surface area contributed by atoms with Gasteiger partial charge in [0.05, 0.1) is 0 Å². The molecule has 3 aliphatic heterocycles. The van der Waals surface area contributed by atoms with Crippen LogP contribution in [-0.4, -0.2) is 45.5 Å². The molecule has 3 fully saturated rings. The first-order chi connectivity index (χ1) is 9.81. The van der Waals surface area contributed by atoms with Gasteiger partial charge in [0, 0.05) is 25.5 Å². The molecule has 0 N–H and O–H groups in total. The standard InChI is InChI=1S/C14H15ClN2O2S2/c1-13-11(18)17(3)14(21-20-13,12(19)16(13)2)8-9-4-6-10(15)7-5-9/h4-7H,8H2,1-3H3. The van der Waals surface area contributed by atoms with Gasteiger partial charge < -0.3 is 9.80 Å². The molecule has 0 radical (unpaired) electrons. The van der Waals surface area contributed by atoms with E-state index in [0.29, 0.717) is 11.4 Å². The monoisotopic (exact) mass is 342 g/mol. The Balaban J connectivity index is 2.00. The molecule has 3 saturated heterocycles. The van der Waals surface area contributed by atoms with Crippen molar-refractivity contribution in [1.82, 2.24) is 9.80 Å². The Morgan fingerprint density at radius 3 is 2.29 bits per heavy atom. The van der Waals surface area contributed by atoms with Gasteiger partial charge >= 0.3 is 0 Å². The lowest BCUT2D eigenvalue weighted by Crippen LogP contribution is -2.75.